The van der Waals surface area contributed by atoms with Crippen molar-refractivity contribution >= 4 is 35.1 Å². The summed E-state index contributed by atoms with van der Waals surface area (Å²) in [5.74, 6) is 0.636. The van der Waals surface area contributed by atoms with Crippen LogP contribution in [-0.2, 0) is 4.74 Å². The van der Waals surface area contributed by atoms with Gasteiger partial charge in [-0.3, -0.25) is 4.90 Å². The molecule has 0 N–H and O–H groups in total. The van der Waals surface area contributed by atoms with E-state index in [4.69, 9.17) is 9.73 Å². The van der Waals surface area contributed by atoms with Gasteiger partial charge in [-0.05, 0) is 25.7 Å². The number of carboxylic acid groups (broad SMARTS) is 1. The summed E-state index contributed by atoms with van der Waals surface area (Å²) in [4.78, 5) is 20.5. The molecule has 6 nitrogen and oxygen atoms in total. The molecule has 1 saturated heterocycles. The van der Waals surface area contributed by atoms with Gasteiger partial charge < -0.3 is 36.5 Å². The van der Waals surface area contributed by atoms with Gasteiger partial charge in [0.15, 0.2) is 0 Å². The third-order valence-electron chi connectivity index (χ3n) is 5.52. The number of halogens is 1. The second kappa shape index (κ2) is 12.4. The van der Waals surface area contributed by atoms with Gasteiger partial charge in [-0.1, -0.05) is 38.5 Å². The van der Waals surface area contributed by atoms with Crippen molar-refractivity contribution in [3.63, 3.8) is 0 Å². The Bertz CT molecular complexity index is 449. The zero-order valence-electron chi connectivity index (χ0n) is 15.7. The van der Waals surface area contributed by atoms with Crippen molar-refractivity contribution in [3.05, 3.63) is 0 Å². The molecule has 26 heavy (non-hydrogen) atoms. The Morgan fingerprint density at radius 3 is 2.04 bits per heavy atom. The van der Waals surface area contributed by atoms with Crippen LogP contribution >= 0.6 is 0 Å². The standard InChI is InChI=1S/C18H31N3O3.BrH.Mg/c22-18(23)21(16-9-5-2-6-10-16)17(20-11-13-24-14-12-20)19-15-7-3-1-4-8-15;;/h15-16H,1-14H2,(H,22,23);1H;/q;;+2/p-2. The Morgan fingerprint density at radius 1 is 0.962 bits per heavy atom. The smallest absolute Gasteiger partial charge is 1.00 e. The zero-order chi connectivity index (χ0) is 16.8. The molecule has 0 aromatic carbocycles. The Morgan fingerprint density at radius 2 is 1.50 bits per heavy atom. The number of hydrogen-bond donors (Lipinski definition) is 0. The molecule has 3 rings (SSSR count). The third-order valence-corrected chi connectivity index (χ3v) is 5.52. The normalized spacial score (nSPS) is 22.9. The zero-order valence-corrected chi connectivity index (χ0v) is 18.7. The van der Waals surface area contributed by atoms with E-state index in [1.165, 1.54) is 30.6 Å². The Kier molecular flexibility index (Phi) is 11.5. The van der Waals surface area contributed by atoms with Crippen molar-refractivity contribution in [1.82, 2.24) is 9.80 Å². The van der Waals surface area contributed by atoms with Crippen LogP contribution in [0.4, 0.5) is 4.79 Å². The van der Waals surface area contributed by atoms with Gasteiger partial charge in [0.1, 0.15) is 6.09 Å². The second-order valence-electron chi connectivity index (χ2n) is 7.25. The summed E-state index contributed by atoms with van der Waals surface area (Å²) >= 11 is 0. The molecular formula is C18H30BrMgN3O3. The minimum absolute atomic E-state index is 0. The molecule has 0 aromatic rings. The number of ether oxygens (including phenoxy) is 1. The number of carbonyl (C=O) groups excluding carboxylic acids is 1. The van der Waals surface area contributed by atoms with E-state index in [9.17, 15) is 9.90 Å². The van der Waals surface area contributed by atoms with Crippen LogP contribution in [-0.4, -0.2) is 83.3 Å². The molecule has 0 radical (unpaired) electrons. The number of nitrogens with zero attached hydrogens (tertiary/aromatic N) is 3. The maximum Gasteiger partial charge on any atom is 2.00 e. The SMILES string of the molecule is O=C([O-])N(C(=NC1CCCCC1)N1CCOCC1)C1CCCCC1.[Br-].[Mg+2]. The van der Waals surface area contributed by atoms with E-state index in [1.54, 1.807) is 0 Å². The first-order valence-electron chi connectivity index (χ1n) is 9.66. The Balaban J connectivity index is 0.00000169. The molecule has 2 aliphatic carbocycles. The van der Waals surface area contributed by atoms with Gasteiger partial charge in [-0.25, -0.2) is 4.99 Å². The molecule has 0 bridgehead atoms. The van der Waals surface area contributed by atoms with Crippen molar-refractivity contribution in [3.8, 4) is 0 Å². The van der Waals surface area contributed by atoms with Crippen molar-refractivity contribution < 1.29 is 31.6 Å². The van der Waals surface area contributed by atoms with E-state index in [0.717, 1.165) is 38.5 Å². The largest absolute Gasteiger partial charge is 2.00 e. The van der Waals surface area contributed by atoms with E-state index in [2.05, 4.69) is 4.90 Å². The van der Waals surface area contributed by atoms with E-state index < -0.39 is 6.09 Å². The predicted octanol–water partition coefficient (Wildman–Crippen LogP) is -1.39. The fourth-order valence-corrected chi connectivity index (χ4v) is 4.17. The number of hydrogen-bond acceptors (Lipinski definition) is 4. The van der Waals surface area contributed by atoms with Gasteiger partial charge >= 0.3 is 23.1 Å². The van der Waals surface area contributed by atoms with Crippen LogP contribution in [0.15, 0.2) is 4.99 Å². The first-order valence-corrected chi connectivity index (χ1v) is 9.66. The molecule has 144 valence electrons. The van der Waals surface area contributed by atoms with Gasteiger partial charge in [-0.15, -0.1) is 0 Å². The average Bonchev–Trinajstić information content (AvgIpc) is 2.63. The van der Waals surface area contributed by atoms with Crippen LogP contribution in [0.2, 0.25) is 0 Å². The van der Waals surface area contributed by atoms with Gasteiger partial charge in [0.05, 0.1) is 19.3 Å². The van der Waals surface area contributed by atoms with Crippen LogP contribution in [0.3, 0.4) is 0 Å². The summed E-state index contributed by atoms with van der Waals surface area (Å²) < 4.78 is 5.45. The van der Waals surface area contributed by atoms with E-state index in [1.807, 2.05) is 0 Å². The van der Waals surface area contributed by atoms with Crippen molar-refractivity contribution in [2.75, 3.05) is 26.3 Å². The minimum Gasteiger partial charge on any atom is -1.00 e. The number of amides is 1. The quantitative estimate of drug-likeness (QED) is 0.301. The molecule has 2 saturated carbocycles. The molecule has 0 atom stereocenters. The molecule has 1 aliphatic heterocycles. The fourth-order valence-electron chi connectivity index (χ4n) is 4.17. The Labute approximate surface area is 183 Å². The number of aliphatic imine (C=N–C) groups is 1. The number of carbonyl (C=O) groups is 1. The molecule has 0 unspecified atom stereocenters. The number of morpholine rings is 1. The number of guanidine groups is 1. The van der Waals surface area contributed by atoms with Crippen LogP contribution in [0.1, 0.15) is 64.2 Å². The molecular weight excluding hydrogens is 410 g/mol. The van der Waals surface area contributed by atoms with Gasteiger partial charge in [0.2, 0.25) is 5.96 Å². The monoisotopic (exact) mass is 439 g/mol. The van der Waals surface area contributed by atoms with Crippen LogP contribution in [0.5, 0.6) is 0 Å². The molecule has 1 heterocycles. The summed E-state index contributed by atoms with van der Waals surface area (Å²) in [7, 11) is 0. The maximum atomic E-state index is 12.0. The van der Waals surface area contributed by atoms with Crippen molar-refractivity contribution in [2.45, 2.75) is 76.3 Å². The maximum absolute atomic E-state index is 12.0. The summed E-state index contributed by atoms with van der Waals surface area (Å²) in [6.45, 7) is 2.69. The summed E-state index contributed by atoms with van der Waals surface area (Å²) in [6, 6.07) is 0.274. The summed E-state index contributed by atoms with van der Waals surface area (Å²) in [5.41, 5.74) is 0. The first kappa shape index (κ1) is 24.0. The van der Waals surface area contributed by atoms with Crippen molar-refractivity contribution in [2.24, 2.45) is 4.99 Å². The molecule has 3 aliphatic rings. The topological polar surface area (TPSA) is 68.2 Å². The fraction of sp³-hybridized carbons (Fsp3) is 0.889. The minimum atomic E-state index is -1.09. The Hall–Kier alpha value is -0.0538. The molecule has 1 amide bonds. The van der Waals surface area contributed by atoms with Crippen molar-refractivity contribution in [1.29, 1.82) is 0 Å². The molecule has 0 spiro atoms. The summed E-state index contributed by atoms with van der Waals surface area (Å²) in [5, 5.41) is 12.0. The van der Waals surface area contributed by atoms with Gasteiger partial charge in [0, 0.05) is 19.1 Å². The molecule has 8 heteroatoms. The third kappa shape index (κ3) is 6.53. The summed E-state index contributed by atoms with van der Waals surface area (Å²) in [6.07, 6.45) is 9.92. The van der Waals surface area contributed by atoms with Gasteiger partial charge in [0.25, 0.3) is 0 Å². The van der Waals surface area contributed by atoms with Crippen LogP contribution < -0.4 is 22.1 Å². The molecule has 3 fully saturated rings. The van der Waals surface area contributed by atoms with Gasteiger partial charge in [-0.2, -0.15) is 0 Å². The first-order chi connectivity index (χ1) is 11.8. The second-order valence-corrected chi connectivity index (χ2v) is 7.25. The van der Waals surface area contributed by atoms with E-state index >= 15 is 0 Å². The predicted molar refractivity (Wildman–Crippen MR) is 96.6 cm³/mol. The van der Waals surface area contributed by atoms with Crippen LogP contribution in [0, 0.1) is 0 Å². The number of rotatable bonds is 2. The molecule has 0 aromatic heterocycles. The van der Waals surface area contributed by atoms with E-state index in [-0.39, 0.29) is 52.1 Å². The van der Waals surface area contributed by atoms with Crippen LogP contribution in [0.25, 0.3) is 0 Å². The van der Waals surface area contributed by atoms with E-state index in [0.29, 0.717) is 32.3 Å². The average molecular weight is 441 g/mol.